The van der Waals surface area contributed by atoms with E-state index in [0.717, 1.165) is 6.42 Å². The van der Waals surface area contributed by atoms with Gasteiger partial charge in [0, 0.05) is 6.04 Å². The van der Waals surface area contributed by atoms with Gasteiger partial charge in [-0.25, -0.2) is 0 Å². The highest BCUT2D eigenvalue weighted by atomic mass is 16.5. The number of hydrogen-bond donors (Lipinski definition) is 2. The lowest BCUT2D eigenvalue weighted by Crippen LogP contribution is -2.39. The molecule has 0 saturated carbocycles. The predicted octanol–water partition coefficient (Wildman–Crippen LogP) is 1.62. The molecule has 2 N–H and O–H groups in total. The van der Waals surface area contributed by atoms with Crippen molar-refractivity contribution in [2.75, 3.05) is 13.2 Å². The third kappa shape index (κ3) is 2.43. The van der Waals surface area contributed by atoms with E-state index in [2.05, 4.69) is 30.4 Å². The van der Waals surface area contributed by atoms with Gasteiger partial charge >= 0.3 is 0 Å². The fraction of sp³-hybridized carbons (Fsp3) is 0.538. The predicted molar refractivity (Wildman–Crippen MR) is 63.1 cm³/mol. The van der Waals surface area contributed by atoms with E-state index >= 15 is 0 Å². The molecule has 3 nitrogen and oxygen atoms in total. The zero-order valence-electron chi connectivity index (χ0n) is 9.65. The Morgan fingerprint density at radius 2 is 2.31 bits per heavy atom. The minimum Gasteiger partial charge on any atom is -0.395 e. The van der Waals surface area contributed by atoms with Crippen LogP contribution in [-0.4, -0.2) is 24.4 Å². The third-order valence-corrected chi connectivity index (χ3v) is 3.12. The molecule has 0 aliphatic carbocycles. The van der Waals surface area contributed by atoms with Gasteiger partial charge in [-0.05, 0) is 17.5 Å². The van der Waals surface area contributed by atoms with Gasteiger partial charge in [0.05, 0.1) is 25.9 Å². The molecule has 16 heavy (non-hydrogen) atoms. The summed E-state index contributed by atoms with van der Waals surface area (Å²) in [6.07, 6.45) is 0.926. The second-order valence-corrected chi connectivity index (χ2v) is 4.22. The molecule has 88 valence electrons. The number of ether oxygens (including phenoxy) is 1. The van der Waals surface area contributed by atoms with Crippen molar-refractivity contribution in [3.63, 3.8) is 0 Å². The maximum absolute atomic E-state index is 9.20. The number of rotatable bonds is 4. The Morgan fingerprint density at radius 3 is 3.06 bits per heavy atom. The van der Waals surface area contributed by atoms with Gasteiger partial charge in [0.1, 0.15) is 0 Å². The van der Waals surface area contributed by atoms with Crippen LogP contribution in [-0.2, 0) is 11.3 Å². The smallest absolute Gasteiger partial charge is 0.0721 e. The molecule has 1 aromatic carbocycles. The lowest BCUT2D eigenvalue weighted by molar-refractivity contribution is 0.0742. The molecule has 0 aromatic heterocycles. The lowest BCUT2D eigenvalue weighted by atomic mass is 9.98. The minimum atomic E-state index is 0.153. The largest absolute Gasteiger partial charge is 0.395 e. The molecular weight excluding hydrogens is 202 g/mol. The number of hydrogen-bond acceptors (Lipinski definition) is 3. The molecule has 3 heteroatoms. The van der Waals surface area contributed by atoms with Crippen LogP contribution in [0.3, 0.4) is 0 Å². The van der Waals surface area contributed by atoms with E-state index in [1.807, 2.05) is 6.07 Å². The maximum atomic E-state index is 9.20. The normalized spacial score (nSPS) is 21.5. The zero-order chi connectivity index (χ0) is 11.4. The number of nitrogens with one attached hydrogen (secondary N) is 1. The van der Waals surface area contributed by atoms with Gasteiger partial charge in [-0.1, -0.05) is 31.2 Å². The van der Waals surface area contributed by atoms with Crippen molar-refractivity contribution in [3.8, 4) is 0 Å². The first kappa shape index (κ1) is 11.6. The fourth-order valence-electron chi connectivity index (χ4n) is 2.10. The molecule has 2 atom stereocenters. The summed E-state index contributed by atoms with van der Waals surface area (Å²) in [5.74, 6) is 0. The first-order valence-electron chi connectivity index (χ1n) is 5.87. The number of fused-ring (bicyclic) bond motifs is 1. The van der Waals surface area contributed by atoms with Crippen LogP contribution in [0.25, 0.3) is 0 Å². The molecule has 1 aromatic rings. The summed E-state index contributed by atoms with van der Waals surface area (Å²) in [5.41, 5.74) is 2.56. The Kier molecular flexibility index (Phi) is 3.93. The van der Waals surface area contributed by atoms with Crippen LogP contribution >= 0.6 is 0 Å². The molecule has 0 saturated heterocycles. The molecule has 0 spiro atoms. The standard InChI is InChI=1S/C13H19NO2/c1-2-11(7-15)14-13-9-16-8-10-5-3-4-6-12(10)13/h3-6,11,13-15H,2,7-9H2,1H3/t11-,13?/m0/s1. The highest BCUT2D eigenvalue weighted by molar-refractivity contribution is 5.31. The first-order chi connectivity index (χ1) is 7.85. The van der Waals surface area contributed by atoms with E-state index in [-0.39, 0.29) is 18.7 Å². The maximum Gasteiger partial charge on any atom is 0.0721 e. The molecular formula is C13H19NO2. The fourth-order valence-corrected chi connectivity index (χ4v) is 2.10. The van der Waals surface area contributed by atoms with Crippen LogP contribution in [0.1, 0.15) is 30.5 Å². The molecule has 0 bridgehead atoms. The van der Waals surface area contributed by atoms with Crippen LogP contribution < -0.4 is 5.32 Å². The highest BCUT2D eigenvalue weighted by Crippen LogP contribution is 2.24. The molecule has 1 aliphatic rings. The summed E-state index contributed by atoms with van der Waals surface area (Å²) in [7, 11) is 0. The Morgan fingerprint density at radius 1 is 1.50 bits per heavy atom. The quantitative estimate of drug-likeness (QED) is 0.811. The van der Waals surface area contributed by atoms with Crippen molar-refractivity contribution in [1.29, 1.82) is 0 Å². The lowest BCUT2D eigenvalue weighted by Gasteiger charge is -2.29. The van der Waals surface area contributed by atoms with Crippen molar-refractivity contribution in [1.82, 2.24) is 5.32 Å². The van der Waals surface area contributed by atoms with Crippen LogP contribution in [0.5, 0.6) is 0 Å². The van der Waals surface area contributed by atoms with Crippen LogP contribution in [0.2, 0.25) is 0 Å². The van der Waals surface area contributed by atoms with Gasteiger partial charge in [0.15, 0.2) is 0 Å². The second-order valence-electron chi connectivity index (χ2n) is 4.22. The Bertz CT molecular complexity index is 336. The Hall–Kier alpha value is -0.900. The SMILES string of the molecule is CC[C@@H](CO)NC1COCc2ccccc21. The van der Waals surface area contributed by atoms with Crippen molar-refractivity contribution in [3.05, 3.63) is 35.4 Å². The molecule has 1 unspecified atom stereocenters. The Balaban J connectivity index is 2.12. The van der Waals surface area contributed by atoms with E-state index in [1.54, 1.807) is 0 Å². The monoisotopic (exact) mass is 221 g/mol. The average Bonchev–Trinajstić information content (AvgIpc) is 2.36. The van der Waals surface area contributed by atoms with E-state index in [0.29, 0.717) is 13.2 Å². The highest BCUT2D eigenvalue weighted by Gasteiger charge is 2.21. The van der Waals surface area contributed by atoms with Crippen LogP contribution in [0.15, 0.2) is 24.3 Å². The van der Waals surface area contributed by atoms with Gasteiger partial charge in [0.2, 0.25) is 0 Å². The van der Waals surface area contributed by atoms with Gasteiger partial charge < -0.3 is 15.2 Å². The molecule has 0 radical (unpaired) electrons. The molecule has 1 heterocycles. The summed E-state index contributed by atoms with van der Waals surface area (Å²) < 4.78 is 5.55. The Labute approximate surface area is 96.4 Å². The van der Waals surface area contributed by atoms with Crippen molar-refractivity contribution >= 4 is 0 Å². The number of aliphatic hydroxyl groups is 1. The van der Waals surface area contributed by atoms with Crippen molar-refractivity contribution < 1.29 is 9.84 Å². The number of aliphatic hydroxyl groups excluding tert-OH is 1. The van der Waals surface area contributed by atoms with Crippen LogP contribution in [0.4, 0.5) is 0 Å². The van der Waals surface area contributed by atoms with E-state index in [4.69, 9.17) is 4.74 Å². The van der Waals surface area contributed by atoms with E-state index < -0.39 is 0 Å². The van der Waals surface area contributed by atoms with E-state index in [9.17, 15) is 5.11 Å². The topological polar surface area (TPSA) is 41.5 Å². The van der Waals surface area contributed by atoms with E-state index in [1.165, 1.54) is 11.1 Å². The van der Waals surface area contributed by atoms with Crippen molar-refractivity contribution in [2.24, 2.45) is 0 Å². The summed E-state index contributed by atoms with van der Waals surface area (Å²) in [6, 6.07) is 8.69. The summed E-state index contributed by atoms with van der Waals surface area (Å²) in [4.78, 5) is 0. The van der Waals surface area contributed by atoms with Crippen molar-refractivity contribution in [2.45, 2.75) is 32.0 Å². The third-order valence-electron chi connectivity index (χ3n) is 3.12. The summed E-state index contributed by atoms with van der Waals surface area (Å²) in [5, 5.41) is 12.6. The average molecular weight is 221 g/mol. The first-order valence-corrected chi connectivity index (χ1v) is 5.87. The van der Waals surface area contributed by atoms with Gasteiger partial charge in [0.25, 0.3) is 0 Å². The molecule has 0 fully saturated rings. The molecule has 2 rings (SSSR count). The summed E-state index contributed by atoms with van der Waals surface area (Å²) >= 11 is 0. The zero-order valence-corrected chi connectivity index (χ0v) is 9.65. The minimum absolute atomic E-state index is 0.153. The van der Waals surface area contributed by atoms with Gasteiger partial charge in [-0.2, -0.15) is 0 Å². The number of benzene rings is 1. The summed E-state index contributed by atoms with van der Waals surface area (Å²) in [6.45, 7) is 3.64. The molecule has 0 amide bonds. The van der Waals surface area contributed by atoms with Gasteiger partial charge in [-0.15, -0.1) is 0 Å². The van der Waals surface area contributed by atoms with Crippen LogP contribution in [0, 0.1) is 0 Å². The van der Waals surface area contributed by atoms with Gasteiger partial charge in [-0.3, -0.25) is 0 Å². The molecule has 1 aliphatic heterocycles. The second kappa shape index (κ2) is 5.43.